The Bertz CT molecular complexity index is 590. The van der Waals surface area contributed by atoms with Crippen LogP contribution in [0.5, 0.6) is 0 Å². The van der Waals surface area contributed by atoms with Crippen molar-refractivity contribution >= 4 is 11.8 Å². The molecule has 1 saturated heterocycles. The van der Waals surface area contributed by atoms with Gasteiger partial charge in [-0.25, -0.2) is 0 Å². The third kappa shape index (κ3) is 3.63. The summed E-state index contributed by atoms with van der Waals surface area (Å²) in [4.78, 5) is 26.9. The molecule has 1 saturated carbocycles. The predicted octanol–water partition coefficient (Wildman–Crippen LogP) is 3.35. The number of aryl methyl sites for hydroxylation is 1. The van der Waals surface area contributed by atoms with Gasteiger partial charge in [-0.2, -0.15) is 0 Å². The molecule has 1 aromatic carbocycles. The lowest BCUT2D eigenvalue weighted by molar-refractivity contribution is -0.142. The van der Waals surface area contributed by atoms with E-state index in [1.165, 1.54) is 24.8 Å². The number of likely N-dealkylation sites (tertiary alicyclic amines) is 1. The maximum Gasteiger partial charge on any atom is 0.225 e. The number of amides is 2. The summed E-state index contributed by atoms with van der Waals surface area (Å²) in [5, 5.41) is 3.26. The van der Waals surface area contributed by atoms with Gasteiger partial charge < -0.3 is 10.2 Å². The number of rotatable bonds is 3. The molecular formula is C20H28N2O2. The highest BCUT2D eigenvalue weighted by molar-refractivity contribution is 5.85. The first-order valence-corrected chi connectivity index (χ1v) is 9.19. The molecular weight excluding hydrogens is 300 g/mol. The van der Waals surface area contributed by atoms with E-state index in [2.05, 4.69) is 29.6 Å². The Morgan fingerprint density at radius 3 is 2.42 bits per heavy atom. The molecule has 4 heteroatoms. The van der Waals surface area contributed by atoms with Gasteiger partial charge in [-0.15, -0.1) is 0 Å². The van der Waals surface area contributed by atoms with Crippen LogP contribution in [0.3, 0.4) is 0 Å². The standard InChI is InChI=1S/C20H28N2O2/c1-14-8-10-15(11-9-14)19-17(12-13-18(23)22(19)2)20(24)21-16-6-4-3-5-7-16/h8-11,16-17,19H,3-7,12-13H2,1-2H3,(H,21,24)/t17-,19-/m1/s1. The first kappa shape index (κ1) is 17.0. The van der Waals surface area contributed by atoms with Crippen molar-refractivity contribution in [2.24, 2.45) is 5.92 Å². The van der Waals surface area contributed by atoms with Crippen molar-refractivity contribution in [3.63, 3.8) is 0 Å². The number of benzene rings is 1. The lowest BCUT2D eigenvalue weighted by Gasteiger charge is -2.39. The summed E-state index contributed by atoms with van der Waals surface area (Å²) in [6, 6.07) is 8.37. The van der Waals surface area contributed by atoms with Crippen LogP contribution in [0.4, 0.5) is 0 Å². The van der Waals surface area contributed by atoms with Crippen molar-refractivity contribution in [1.82, 2.24) is 10.2 Å². The molecule has 24 heavy (non-hydrogen) atoms. The quantitative estimate of drug-likeness (QED) is 0.925. The van der Waals surface area contributed by atoms with Crippen molar-refractivity contribution in [2.75, 3.05) is 7.05 Å². The zero-order chi connectivity index (χ0) is 17.1. The summed E-state index contributed by atoms with van der Waals surface area (Å²) in [5.74, 6) is 0.0893. The average Bonchev–Trinajstić information content (AvgIpc) is 2.59. The number of carbonyl (C=O) groups excluding carboxylic acids is 2. The van der Waals surface area contributed by atoms with E-state index >= 15 is 0 Å². The van der Waals surface area contributed by atoms with Gasteiger partial charge in [0.2, 0.25) is 11.8 Å². The van der Waals surface area contributed by atoms with Gasteiger partial charge in [0.15, 0.2) is 0 Å². The molecule has 2 fully saturated rings. The fourth-order valence-corrected chi connectivity index (χ4v) is 4.09. The molecule has 0 bridgehead atoms. The van der Waals surface area contributed by atoms with E-state index in [-0.39, 0.29) is 23.8 Å². The molecule has 0 spiro atoms. The van der Waals surface area contributed by atoms with Crippen LogP contribution in [0, 0.1) is 12.8 Å². The monoisotopic (exact) mass is 328 g/mol. The third-order valence-electron chi connectivity index (χ3n) is 5.57. The summed E-state index contributed by atoms with van der Waals surface area (Å²) in [7, 11) is 1.83. The summed E-state index contributed by atoms with van der Waals surface area (Å²) in [6.45, 7) is 2.05. The molecule has 3 rings (SSSR count). The maximum absolute atomic E-state index is 12.9. The highest BCUT2D eigenvalue weighted by atomic mass is 16.2. The van der Waals surface area contributed by atoms with E-state index in [9.17, 15) is 9.59 Å². The van der Waals surface area contributed by atoms with Crippen molar-refractivity contribution in [3.05, 3.63) is 35.4 Å². The second-order valence-electron chi connectivity index (χ2n) is 7.35. The van der Waals surface area contributed by atoms with Crippen LogP contribution >= 0.6 is 0 Å². The normalized spacial score (nSPS) is 25.6. The number of hydrogen-bond acceptors (Lipinski definition) is 2. The van der Waals surface area contributed by atoms with Crippen LogP contribution in [0.1, 0.15) is 62.1 Å². The number of hydrogen-bond donors (Lipinski definition) is 1. The minimum absolute atomic E-state index is 0.117. The highest BCUT2D eigenvalue weighted by Crippen LogP contribution is 2.36. The Labute approximate surface area is 144 Å². The Morgan fingerprint density at radius 1 is 1.08 bits per heavy atom. The van der Waals surface area contributed by atoms with E-state index in [0.717, 1.165) is 18.4 Å². The Kier molecular flexibility index (Phi) is 5.22. The molecule has 1 aromatic rings. The predicted molar refractivity (Wildman–Crippen MR) is 94.4 cm³/mol. The first-order valence-electron chi connectivity index (χ1n) is 9.19. The maximum atomic E-state index is 12.9. The second-order valence-corrected chi connectivity index (χ2v) is 7.35. The zero-order valence-electron chi connectivity index (χ0n) is 14.8. The smallest absolute Gasteiger partial charge is 0.225 e. The minimum atomic E-state index is -0.157. The van der Waals surface area contributed by atoms with Crippen LogP contribution in [0.2, 0.25) is 0 Å². The number of nitrogens with one attached hydrogen (secondary N) is 1. The molecule has 1 aliphatic carbocycles. The largest absolute Gasteiger partial charge is 0.353 e. The molecule has 1 aliphatic heterocycles. The average molecular weight is 328 g/mol. The topological polar surface area (TPSA) is 49.4 Å². The van der Waals surface area contributed by atoms with E-state index in [4.69, 9.17) is 0 Å². The van der Waals surface area contributed by atoms with Gasteiger partial charge in [0.1, 0.15) is 0 Å². The first-order chi connectivity index (χ1) is 11.6. The fraction of sp³-hybridized carbons (Fsp3) is 0.600. The summed E-state index contributed by atoms with van der Waals surface area (Å²) in [6.07, 6.45) is 6.95. The molecule has 130 valence electrons. The molecule has 0 radical (unpaired) electrons. The number of nitrogens with zero attached hydrogens (tertiary/aromatic N) is 1. The molecule has 4 nitrogen and oxygen atoms in total. The summed E-state index contributed by atoms with van der Waals surface area (Å²) in [5.41, 5.74) is 2.24. The van der Waals surface area contributed by atoms with Gasteiger partial charge in [-0.05, 0) is 31.7 Å². The molecule has 0 unspecified atom stereocenters. The lowest BCUT2D eigenvalue weighted by atomic mass is 9.83. The van der Waals surface area contributed by atoms with Gasteiger partial charge in [-0.1, -0.05) is 49.1 Å². The van der Waals surface area contributed by atoms with E-state index < -0.39 is 0 Å². The lowest BCUT2D eigenvalue weighted by Crippen LogP contribution is -2.48. The molecule has 1 heterocycles. The van der Waals surface area contributed by atoms with Crippen LogP contribution in [-0.2, 0) is 9.59 Å². The van der Waals surface area contributed by atoms with Crippen LogP contribution < -0.4 is 5.32 Å². The van der Waals surface area contributed by atoms with Gasteiger partial charge in [0.25, 0.3) is 0 Å². The third-order valence-corrected chi connectivity index (χ3v) is 5.57. The van der Waals surface area contributed by atoms with Crippen molar-refractivity contribution in [1.29, 1.82) is 0 Å². The fourth-order valence-electron chi connectivity index (χ4n) is 4.09. The Balaban J connectivity index is 1.79. The Hall–Kier alpha value is -1.84. The zero-order valence-corrected chi connectivity index (χ0v) is 14.8. The number of piperidine rings is 1. The molecule has 2 amide bonds. The van der Waals surface area contributed by atoms with Gasteiger partial charge in [0, 0.05) is 19.5 Å². The summed E-state index contributed by atoms with van der Waals surface area (Å²) >= 11 is 0. The number of carbonyl (C=O) groups is 2. The van der Waals surface area contributed by atoms with E-state index in [1.807, 2.05) is 14.0 Å². The van der Waals surface area contributed by atoms with Crippen molar-refractivity contribution < 1.29 is 9.59 Å². The molecule has 2 aliphatic rings. The van der Waals surface area contributed by atoms with E-state index in [1.54, 1.807) is 4.90 Å². The minimum Gasteiger partial charge on any atom is -0.353 e. The van der Waals surface area contributed by atoms with Gasteiger partial charge in [0.05, 0.1) is 12.0 Å². The highest BCUT2D eigenvalue weighted by Gasteiger charge is 2.39. The van der Waals surface area contributed by atoms with Crippen LogP contribution in [0.15, 0.2) is 24.3 Å². The SMILES string of the molecule is Cc1ccc([C@@H]2[C@H](C(=O)NC3CCCCC3)CCC(=O)N2C)cc1. The van der Waals surface area contributed by atoms with Crippen LogP contribution in [0.25, 0.3) is 0 Å². The molecule has 1 N–H and O–H groups in total. The van der Waals surface area contributed by atoms with Crippen LogP contribution in [-0.4, -0.2) is 29.8 Å². The van der Waals surface area contributed by atoms with Crippen molar-refractivity contribution in [3.8, 4) is 0 Å². The molecule has 2 atom stereocenters. The van der Waals surface area contributed by atoms with Crippen molar-refractivity contribution in [2.45, 2.75) is 64.0 Å². The molecule has 0 aromatic heterocycles. The van der Waals surface area contributed by atoms with Gasteiger partial charge >= 0.3 is 0 Å². The van der Waals surface area contributed by atoms with E-state index in [0.29, 0.717) is 18.9 Å². The summed E-state index contributed by atoms with van der Waals surface area (Å²) < 4.78 is 0. The second kappa shape index (κ2) is 7.37. The van der Waals surface area contributed by atoms with Gasteiger partial charge in [-0.3, -0.25) is 9.59 Å². The Morgan fingerprint density at radius 2 is 1.75 bits per heavy atom.